The molecule has 2 rings (SSSR count). The number of hydrogen-bond acceptors (Lipinski definition) is 6. The maximum absolute atomic E-state index is 12.0. The van der Waals surface area contributed by atoms with Crippen LogP contribution in [0.15, 0.2) is 42.5 Å². The normalized spacial score (nSPS) is 13.5. The van der Waals surface area contributed by atoms with Crippen molar-refractivity contribution in [3.05, 3.63) is 58.6 Å². The van der Waals surface area contributed by atoms with E-state index in [1.165, 1.54) is 0 Å². The fourth-order valence-electron chi connectivity index (χ4n) is 3.06. The van der Waals surface area contributed by atoms with Crippen molar-refractivity contribution in [3.8, 4) is 5.75 Å². The standard InChI is InChI=1S/C23H31ClN2O4/c1-5-30-22(29)23(3,4)26-18-9-6-16(20(24)14-18)12-13-25-15(2)21(28)17-7-10-19(27)11-8-17/h6-11,14-15,21,25-28H,5,12-13H2,1-4H3. The summed E-state index contributed by atoms with van der Waals surface area (Å²) < 4.78 is 5.09. The molecule has 30 heavy (non-hydrogen) atoms. The Hall–Kier alpha value is -2.28. The van der Waals surface area contributed by atoms with E-state index in [1.807, 2.05) is 19.1 Å². The van der Waals surface area contributed by atoms with Gasteiger partial charge in [-0.1, -0.05) is 29.8 Å². The number of aromatic hydroxyl groups is 1. The van der Waals surface area contributed by atoms with Crippen LogP contribution in [0.4, 0.5) is 5.69 Å². The van der Waals surface area contributed by atoms with E-state index in [1.54, 1.807) is 51.1 Å². The number of halogens is 1. The van der Waals surface area contributed by atoms with Crippen LogP contribution in [0.1, 0.15) is 44.9 Å². The highest BCUT2D eigenvalue weighted by atomic mass is 35.5. The molecular formula is C23H31ClN2O4. The number of hydrogen-bond donors (Lipinski definition) is 4. The quantitative estimate of drug-likeness (QED) is 0.422. The lowest BCUT2D eigenvalue weighted by Gasteiger charge is -2.25. The summed E-state index contributed by atoms with van der Waals surface area (Å²) in [6.07, 6.45) is 0.00489. The average molecular weight is 435 g/mol. The fourth-order valence-corrected chi connectivity index (χ4v) is 3.33. The van der Waals surface area contributed by atoms with Gasteiger partial charge in [0.25, 0.3) is 0 Å². The van der Waals surface area contributed by atoms with E-state index in [0.29, 0.717) is 24.6 Å². The van der Waals surface area contributed by atoms with Crippen LogP contribution < -0.4 is 10.6 Å². The Morgan fingerprint density at radius 2 is 1.87 bits per heavy atom. The zero-order valence-electron chi connectivity index (χ0n) is 17.9. The predicted molar refractivity (Wildman–Crippen MR) is 120 cm³/mol. The average Bonchev–Trinajstić information content (AvgIpc) is 2.69. The van der Waals surface area contributed by atoms with E-state index in [2.05, 4.69) is 10.6 Å². The summed E-state index contributed by atoms with van der Waals surface area (Å²) in [4.78, 5) is 12.0. The molecule has 0 saturated carbocycles. The Labute approximate surface area is 183 Å². The van der Waals surface area contributed by atoms with Crippen LogP contribution in [0.3, 0.4) is 0 Å². The number of esters is 1. The van der Waals surface area contributed by atoms with Gasteiger partial charge in [-0.25, -0.2) is 4.79 Å². The van der Waals surface area contributed by atoms with Crippen LogP contribution in [0.2, 0.25) is 5.02 Å². The molecule has 0 aliphatic rings. The largest absolute Gasteiger partial charge is 0.508 e. The molecule has 0 fully saturated rings. The second-order valence-corrected chi connectivity index (χ2v) is 8.21. The minimum absolute atomic E-state index is 0.167. The summed E-state index contributed by atoms with van der Waals surface area (Å²) in [5, 5.41) is 26.9. The summed E-state index contributed by atoms with van der Waals surface area (Å²) in [6, 6.07) is 12.0. The van der Waals surface area contributed by atoms with Crippen LogP contribution in [-0.2, 0) is 16.0 Å². The van der Waals surface area contributed by atoms with E-state index >= 15 is 0 Å². The van der Waals surface area contributed by atoms with Crippen molar-refractivity contribution in [1.29, 1.82) is 0 Å². The number of ether oxygens (including phenoxy) is 1. The molecule has 6 nitrogen and oxygen atoms in total. The molecule has 4 N–H and O–H groups in total. The molecule has 2 atom stereocenters. The van der Waals surface area contributed by atoms with E-state index in [0.717, 1.165) is 16.8 Å². The van der Waals surface area contributed by atoms with E-state index < -0.39 is 11.6 Å². The molecule has 2 aromatic rings. The topological polar surface area (TPSA) is 90.8 Å². The highest BCUT2D eigenvalue weighted by molar-refractivity contribution is 6.31. The molecule has 0 heterocycles. The van der Waals surface area contributed by atoms with Crippen LogP contribution >= 0.6 is 11.6 Å². The highest BCUT2D eigenvalue weighted by Gasteiger charge is 2.29. The van der Waals surface area contributed by atoms with Crippen LogP contribution in [-0.4, -0.2) is 40.9 Å². The van der Waals surface area contributed by atoms with Crippen molar-refractivity contribution in [2.45, 2.75) is 51.8 Å². The lowest BCUT2D eigenvalue weighted by Crippen LogP contribution is -2.41. The van der Waals surface area contributed by atoms with Crippen molar-refractivity contribution < 1.29 is 19.7 Å². The van der Waals surface area contributed by atoms with Gasteiger partial charge < -0.3 is 25.6 Å². The van der Waals surface area contributed by atoms with Crippen molar-refractivity contribution in [2.75, 3.05) is 18.5 Å². The first kappa shape index (κ1) is 24.0. The summed E-state index contributed by atoms with van der Waals surface area (Å²) in [7, 11) is 0. The van der Waals surface area contributed by atoms with E-state index in [4.69, 9.17) is 16.3 Å². The van der Waals surface area contributed by atoms with Gasteiger partial charge in [0.2, 0.25) is 0 Å². The second kappa shape index (κ2) is 10.7. The molecule has 0 amide bonds. The number of carbonyl (C=O) groups excluding carboxylic acids is 1. The second-order valence-electron chi connectivity index (χ2n) is 7.81. The molecule has 2 unspecified atom stereocenters. The number of aliphatic hydroxyl groups is 1. The summed E-state index contributed by atoms with van der Waals surface area (Å²) in [5.74, 6) is -0.152. The third-order valence-electron chi connectivity index (χ3n) is 4.86. The van der Waals surface area contributed by atoms with Gasteiger partial charge in [0.15, 0.2) is 0 Å². The van der Waals surface area contributed by atoms with Crippen LogP contribution in [0, 0.1) is 0 Å². The van der Waals surface area contributed by atoms with Crippen molar-refractivity contribution in [1.82, 2.24) is 5.32 Å². The minimum Gasteiger partial charge on any atom is -0.508 e. The molecule has 0 radical (unpaired) electrons. The number of phenols is 1. The smallest absolute Gasteiger partial charge is 0.331 e. The zero-order chi connectivity index (χ0) is 22.3. The Bertz CT molecular complexity index is 840. The SMILES string of the molecule is CCOC(=O)C(C)(C)Nc1ccc(CCNC(C)C(O)c2ccc(O)cc2)c(Cl)c1. The maximum atomic E-state index is 12.0. The van der Waals surface area contributed by atoms with Gasteiger partial charge in [0, 0.05) is 16.8 Å². The van der Waals surface area contributed by atoms with Gasteiger partial charge in [-0.2, -0.15) is 0 Å². The number of nitrogens with one attached hydrogen (secondary N) is 2. The third-order valence-corrected chi connectivity index (χ3v) is 5.22. The fraction of sp³-hybridized carbons (Fsp3) is 0.435. The summed E-state index contributed by atoms with van der Waals surface area (Å²) in [5.41, 5.74) is 1.59. The minimum atomic E-state index is -0.859. The molecule has 0 spiro atoms. The zero-order valence-corrected chi connectivity index (χ0v) is 18.7. The Morgan fingerprint density at radius 3 is 2.47 bits per heavy atom. The number of benzene rings is 2. The Morgan fingerprint density at radius 1 is 1.20 bits per heavy atom. The van der Waals surface area contributed by atoms with Gasteiger partial charge in [0.05, 0.1) is 12.7 Å². The van der Waals surface area contributed by atoms with Crippen LogP contribution in [0.5, 0.6) is 5.75 Å². The van der Waals surface area contributed by atoms with E-state index in [9.17, 15) is 15.0 Å². The lowest BCUT2D eigenvalue weighted by atomic mass is 10.0. The number of rotatable bonds is 10. The first-order chi connectivity index (χ1) is 14.1. The third kappa shape index (κ3) is 6.62. The number of aliphatic hydroxyl groups excluding tert-OH is 1. The van der Waals surface area contributed by atoms with Crippen molar-refractivity contribution in [3.63, 3.8) is 0 Å². The Kier molecular flexibility index (Phi) is 8.53. The molecule has 0 bridgehead atoms. The van der Waals surface area contributed by atoms with Crippen molar-refractivity contribution >= 4 is 23.3 Å². The molecule has 0 aromatic heterocycles. The summed E-state index contributed by atoms with van der Waals surface area (Å²) >= 11 is 6.43. The molecule has 7 heteroatoms. The molecule has 2 aromatic carbocycles. The maximum Gasteiger partial charge on any atom is 0.331 e. The van der Waals surface area contributed by atoms with Gasteiger partial charge in [-0.05, 0) is 76.1 Å². The Balaban J connectivity index is 1.90. The first-order valence-electron chi connectivity index (χ1n) is 10.1. The highest BCUT2D eigenvalue weighted by Crippen LogP contribution is 2.25. The molecule has 164 valence electrons. The van der Waals surface area contributed by atoms with Gasteiger partial charge in [-0.3, -0.25) is 0 Å². The monoisotopic (exact) mass is 434 g/mol. The predicted octanol–water partition coefficient (Wildman–Crippen LogP) is 4.05. The molecule has 0 aliphatic heterocycles. The molecule has 0 aliphatic carbocycles. The number of phenolic OH excluding ortho intramolecular Hbond substituents is 1. The summed E-state index contributed by atoms with van der Waals surface area (Å²) in [6.45, 7) is 8.17. The first-order valence-corrected chi connectivity index (χ1v) is 10.5. The van der Waals surface area contributed by atoms with Crippen LogP contribution in [0.25, 0.3) is 0 Å². The van der Waals surface area contributed by atoms with Gasteiger partial charge in [0.1, 0.15) is 11.3 Å². The number of carbonyl (C=O) groups is 1. The van der Waals surface area contributed by atoms with Gasteiger partial charge >= 0.3 is 5.97 Å². The lowest BCUT2D eigenvalue weighted by molar-refractivity contribution is -0.147. The van der Waals surface area contributed by atoms with Gasteiger partial charge in [-0.15, -0.1) is 0 Å². The van der Waals surface area contributed by atoms with Crippen molar-refractivity contribution in [2.24, 2.45) is 0 Å². The van der Waals surface area contributed by atoms with E-state index in [-0.39, 0.29) is 17.8 Å². The molecule has 0 saturated heterocycles. The molecular weight excluding hydrogens is 404 g/mol. The number of anilines is 1.